The summed E-state index contributed by atoms with van der Waals surface area (Å²) in [4.78, 5) is 11.8. The highest BCUT2D eigenvalue weighted by atomic mass is 19.4. The number of nitrogens with two attached hydrogens (primary N) is 1. The lowest BCUT2D eigenvalue weighted by molar-refractivity contribution is -0.137. The van der Waals surface area contributed by atoms with Crippen LogP contribution in [0.3, 0.4) is 0 Å². The molecule has 0 aliphatic heterocycles. The molecule has 0 radical (unpaired) electrons. The van der Waals surface area contributed by atoms with Crippen molar-refractivity contribution in [3.05, 3.63) is 29.8 Å². The summed E-state index contributed by atoms with van der Waals surface area (Å²) in [5.74, 6) is 0.513. The Balaban J connectivity index is 1.66. The molecular formula is C16H21F3N2O2. The molecule has 1 amide bonds. The normalized spacial score (nSPS) is 21.2. The van der Waals surface area contributed by atoms with Gasteiger partial charge in [0.25, 0.3) is 0 Å². The zero-order valence-corrected chi connectivity index (χ0v) is 12.7. The van der Waals surface area contributed by atoms with Gasteiger partial charge in [-0.1, -0.05) is 6.42 Å². The maximum atomic E-state index is 12.4. The standard InChI is InChI=1S/C16H21F3N2O2/c17-16(18,19)12-4-6-13(7-5-12)23-9-8-21-15(22)10-11-2-1-3-14(11)20/h4-7,11,14H,1-3,8-10,20H2,(H,21,22)/t11-,14+/m0/s1. The summed E-state index contributed by atoms with van der Waals surface area (Å²) in [6, 6.07) is 4.57. The van der Waals surface area contributed by atoms with Gasteiger partial charge in [-0.15, -0.1) is 0 Å². The molecule has 0 saturated heterocycles. The van der Waals surface area contributed by atoms with Gasteiger partial charge in [-0.05, 0) is 43.0 Å². The summed E-state index contributed by atoms with van der Waals surface area (Å²) in [7, 11) is 0. The molecule has 1 fully saturated rings. The number of hydrogen-bond donors (Lipinski definition) is 2. The predicted molar refractivity (Wildman–Crippen MR) is 79.9 cm³/mol. The number of nitrogens with one attached hydrogen (secondary N) is 1. The van der Waals surface area contributed by atoms with Crippen LogP contribution in [0.25, 0.3) is 0 Å². The van der Waals surface area contributed by atoms with Gasteiger partial charge in [0, 0.05) is 12.5 Å². The zero-order valence-electron chi connectivity index (χ0n) is 12.7. The van der Waals surface area contributed by atoms with Gasteiger partial charge in [-0.2, -0.15) is 13.2 Å². The number of carbonyl (C=O) groups is 1. The molecule has 1 aromatic carbocycles. The van der Waals surface area contributed by atoms with Crippen molar-refractivity contribution in [2.45, 2.75) is 37.9 Å². The quantitative estimate of drug-likeness (QED) is 0.788. The Morgan fingerprint density at radius 3 is 2.52 bits per heavy atom. The van der Waals surface area contributed by atoms with Gasteiger partial charge in [-0.25, -0.2) is 0 Å². The van der Waals surface area contributed by atoms with Gasteiger partial charge in [0.05, 0.1) is 12.1 Å². The van der Waals surface area contributed by atoms with E-state index in [0.29, 0.717) is 18.7 Å². The van der Waals surface area contributed by atoms with Crippen molar-refractivity contribution in [3.8, 4) is 5.75 Å². The maximum Gasteiger partial charge on any atom is 0.416 e. The van der Waals surface area contributed by atoms with Crippen molar-refractivity contribution in [1.82, 2.24) is 5.32 Å². The SMILES string of the molecule is N[C@@H]1CCC[C@H]1CC(=O)NCCOc1ccc(C(F)(F)F)cc1. The highest BCUT2D eigenvalue weighted by Crippen LogP contribution is 2.30. The van der Waals surface area contributed by atoms with Crippen LogP contribution in [-0.4, -0.2) is 25.1 Å². The van der Waals surface area contributed by atoms with E-state index in [1.165, 1.54) is 12.1 Å². The van der Waals surface area contributed by atoms with E-state index in [4.69, 9.17) is 10.5 Å². The molecular weight excluding hydrogens is 309 g/mol. The fourth-order valence-electron chi connectivity index (χ4n) is 2.73. The van der Waals surface area contributed by atoms with Crippen molar-refractivity contribution >= 4 is 5.91 Å². The van der Waals surface area contributed by atoms with Crippen molar-refractivity contribution in [1.29, 1.82) is 0 Å². The molecule has 3 N–H and O–H groups in total. The number of rotatable bonds is 6. The second-order valence-electron chi connectivity index (χ2n) is 5.78. The van der Waals surface area contributed by atoms with E-state index in [2.05, 4.69) is 5.32 Å². The molecule has 128 valence electrons. The molecule has 1 aliphatic rings. The third-order valence-corrected chi connectivity index (χ3v) is 4.04. The van der Waals surface area contributed by atoms with Gasteiger partial charge in [-0.3, -0.25) is 4.79 Å². The third kappa shape index (κ3) is 5.42. The lowest BCUT2D eigenvalue weighted by Crippen LogP contribution is -2.33. The van der Waals surface area contributed by atoms with E-state index in [9.17, 15) is 18.0 Å². The van der Waals surface area contributed by atoms with Gasteiger partial charge < -0.3 is 15.8 Å². The first-order valence-corrected chi connectivity index (χ1v) is 7.68. The van der Waals surface area contributed by atoms with Gasteiger partial charge in [0.1, 0.15) is 12.4 Å². The van der Waals surface area contributed by atoms with Gasteiger partial charge >= 0.3 is 6.18 Å². The number of ether oxygens (including phenoxy) is 1. The summed E-state index contributed by atoms with van der Waals surface area (Å²) in [5.41, 5.74) is 5.20. The Bertz CT molecular complexity index is 517. The topological polar surface area (TPSA) is 64.4 Å². The minimum absolute atomic E-state index is 0.0663. The summed E-state index contributed by atoms with van der Waals surface area (Å²) in [6.45, 7) is 0.510. The van der Waals surface area contributed by atoms with Gasteiger partial charge in [0.15, 0.2) is 0 Å². The lowest BCUT2D eigenvalue weighted by atomic mass is 10.00. The molecule has 2 atom stereocenters. The molecule has 7 heteroatoms. The van der Waals surface area contributed by atoms with E-state index < -0.39 is 11.7 Å². The van der Waals surface area contributed by atoms with Crippen LogP contribution >= 0.6 is 0 Å². The molecule has 0 aromatic heterocycles. The number of benzene rings is 1. The van der Waals surface area contributed by atoms with Crippen molar-refractivity contribution in [2.24, 2.45) is 11.7 Å². The predicted octanol–water partition coefficient (Wildman–Crippen LogP) is 2.72. The first-order chi connectivity index (χ1) is 10.9. The number of halogens is 3. The fourth-order valence-corrected chi connectivity index (χ4v) is 2.73. The average molecular weight is 330 g/mol. The Morgan fingerprint density at radius 2 is 1.96 bits per heavy atom. The van der Waals surface area contributed by atoms with Crippen LogP contribution < -0.4 is 15.8 Å². The summed E-state index contributed by atoms with van der Waals surface area (Å²) in [5, 5.41) is 2.74. The van der Waals surface area contributed by atoms with Crippen molar-refractivity contribution < 1.29 is 22.7 Å². The molecule has 1 aliphatic carbocycles. The van der Waals surface area contributed by atoms with E-state index >= 15 is 0 Å². The lowest BCUT2D eigenvalue weighted by Gasteiger charge is -2.15. The largest absolute Gasteiger partial charge is 0.492 e. The van der Waals surface area contributed by atoms with E-state index in [1.54, 1.807) is 0 Å². The van der Waals surface area contributed by atoms with Crippen LogP contribution in [0.15, 0.2) is 24.3 Å². The average Bonchev–Trinajstić information content (AvgIpc) is 2.88. The maximum absolute atomic E-state index is 12.4. The first kappa shape index (κ1) is 17.6. The molecule has 2 rings (SSSR count). The van der Waals surface area contributed by atoms with Crippen LogP contribution in [0, 0.1) is 5.92 Å². The van der Waals surface area contributed by atoms with Crippen LogP contribution in [0.4, 0.5) is 13.2 Å². The third-order valence-electron chi connectivity index (χ3n) is 4.04. The fraction of sp³-hybridized carbons (Fsp3) is 0.562. The van der Waals surface area contributed by atoms with Crippen LogP contribution in [0.1, 0.15) is 31.2 Å². The Labute approximate surface area is 133 Å². The van der Waals surface area contributed by atoms with Crippen LogP contribution in [0.2, 0.25) is 0 Å². The minimum atomic E-state index is -4.35. The number of carbonyl (C=O) groups excluding carboxylic acids is 1. The number of amides is 1. The molecule has 1 aromatic rings. The second-order valence-corrected chi connectivity index (χ2v) is 5.78. The molecule has 0 unspecified atom stereocenters. The zero-order chi connectivity index (χ0) is 16.9. The van der Waals surface area contributed by atoms with Crippen molar-refractivity contribution in [2.75, 3.05) is 13.2 Å². The monoisotopic (exact) mass is 330 g/mol. The number of alkyl halides is 3. The van der Waals surface area contributed by atoms with Crippen molar-refractivity contribution in [3.63, 3.8) is 0 Å². The smallest absolute Gasteiger partial charge is 0.416 e. The first-order valence-electron chi connectivity index (χ1n) is 7.68. The van der Waals surface area contributed by atoms with Crippen LogP contribution in [-0.2, 0) is 11.0 Å². The Hall–Kier alpha value is -1.76. The molecule has 4 nitrogen and oxygen atoms in total. The molecule has 0 spiro atoms. The molecule has 0 heterocycles. The van der Waals surface area contributed by atoms with Gasteiger partial charge in [0.2, 0.25) is 5.91 Å². The minimum Gasteiger partial charge on any atom is -0.492 e. The van der Waals surface area contributed by atoms with E-state index in [-0.39, 0.29) is 24.5 Å². The summed E-state index contributed by atoms with van der Waals surface area (Å²) >= 11 is 0. The number of hydrogen-bond acceptors (Lipinski definition) is 3. The highest BCUT2D eigenvalue weighted by molar-refractivity contribution is 5.76. The Morgan fingerprint density at radius 1 is 1.26 bits per heavy atom. The summed E-state index contributed by atoms with van der Waals surface area (Å²) < 4.78 is 42.5. The molecule has 0 bridgehead atoms. The van der Waals surface area contributed by atoms with E-state index in [0.717, 1.165) is 31.4 Å². The molecule has 23 heavy (non-hydrogen) atoms. The van der Waals surface area contributed by atoms with Crippen LogP contribution in [0.5, 0.6) is 5.75 Å². The summed E-state index contributed by atoms with van der Waals surface area (Å²) in [6.07, 6.45) is -0.920. The molecule has 1 saturated carbocycles. The second kappa shape index (κ2) is 7.68. The Kier molecular flexibility index (Phi) is 5.87. The van der Waals surface area contributed by atoms with E-state index in [1.807, 2.05) is 0 Å². The highest BCUT2D eigenvalue weighted by Gasteiger charge is 2.30.